The van der Waals surface area contributed by atoms with E-state index in [1.807, 2.05) is 7.05 Å². The SMILES string of the molecule is Cn1cnc(CCNc2cccc(F)n2)n1. The molecule has 2 heterocycles. The molecule has 6 heteroatoms. The standard InChI is InChI=1S/C10H12FN5/c1-16-7-13-10(15-16)5-6-12-9-4-2-3-8(11)14-9/h2-4,7H,5-6H2,1H3,(H,12,14). The zero-order valence-electron chi connectivity index (χ0n) is 8.89. The van der Waals surface area contributed by atoms with Gasteiger partial charge in [0.25, 0.3) is 0 Å². The second-order valence-electron chi connectivity index (χ2n) is 3.36. The number of rotatable bonds is 4. The zero-order valence-corrected chi connectivity index (χ0v) is 8.89. The number of hydrogen-bond donors (Lipinski definition) is 1. The van der Waals surface area contributed by atoms with E-state index in [9.17, 15) is 4.39 Å². The third kappa shape index (κ3) is 2.75. The molecule has 84 valence electrons. The number of pyridine rings is 1. The van der Waals surface area contributed by atoms with E-state index in [4.69, 9.17) is 0 Å². The summed E-state index contributed by atoms with van der Waals surface area (Å²) in [5.74, 6) is 0.795. The Kier molecular flexibility index (Phi) is 3.09. The van der Waals surface area contributed by atoms with Crippen LogP contribution in [-0.4, -0.2) is 26.3 Å². The third-order valence-electron chi connectivity index (χ3n) is 2.02. The van der Waals surface area contributed by atoms with Crippen molar-refractivity contribution in [3.05, 3.63) is 36.3 Å². The van der Waals surface area contributed by atoms with E-state index in [2.05, 4.69) is 20.4 Å². The average Bonchev–Trinajstić information content (AvgIpc) is 2.64. The second-order valence-corrected chi connectivity index (χ2v) is 3.36. The van der Waals surface area contributed by atoms with Crippen molar-refractivity contribution in [1.82, 2.24) is 19.7 Å². The van der Waals surface area contributed by atoms with E-state index >= 15 is 0 Å². The van der Waals surface area contributed by atoms with Crippen LogP contribution in [-0.2, 0) is 13.5 Å². The molecule has 0 saturated heterocycles. The molecule has 0 saturated carbocycles. The largest absolute Gasteiger partial charge is 0.370 e. The molecule has 2 aromatic heterocycles. The van der Waals surface area contributed by atoms with Crippen LogP contribution in [0, 0.1) is 5.95 Å². The third-order valence-corrected chi connectivity index (χ3v) is 2.02. The van der Waals surface area contributed by atoms with Gasteiger partial charge in [-0.15, -0.1) is 0 Å². The summed E-state index contributed by atoms with van der Waals surface area (Å²) in [5.41, 5.74) is 0. The van der Waals surface area contributed by atoms with Gasteiger partial charge < -0.3 is 5.32 Å². The minimum atomic E-state index is -0.485. The van der Waals surface area contributed by atoms with Gasteiger partial charge in [0.15, 0.2) is 5.82 Å². The van der Waals surface area contributed by atoms with Crippen molar-refractivity contribution in [2.24, 2.45) is 7.05 Å². The molecule has 5 nitrogen and oxygen atoms in total. The van der Waals surface area contributed by atoms with Crippen LogP contribution in [0.5, 0.6) is 0 Å². The molecule has 2 rings (SSSR count). The molecule has 0 spiro atoms. The molecular weight excluding hydrogens is 209 g/mol. The summed E-state index contributed by atoms with van der Waals surface area (Å²) in [6.45, 7) is 0.625. The van der Waals surface area contributed by atoms with Crippen LogP contribution >= 0.6 is 0 Å². The van der Waals surface area contributed by atoms with Crippen LogP contribution < -0.4 is 5.32 Å². The average molecular weight is 221 g/mol. The highest BCUT2D eigenvalue weighted by Gasteiger charge is 1.99. The molecule has 16 heavy (non-hydrogen) atoms. The molecule has 0 aliphatic heterocycles. The van der Waals surface area contributed by atoms with Gasteiger partial charge in [0.05, 0.1) is 0 Å². The Morgan fingerprint density at radius 1 is 1.44 bits per heavy atom. The summed E-state index contributed by atoms with van der Waals surface area (Å²) in [6, 6.07) is 4.64. The number of aromatic nitrogens is 4. The molecule has 0 unspecified atom stereocenters. The van der Waals surface area contributed by atoms with Gasteiger partial charge in [-0.05, 0) is 12.1 Å². The first-order valence-electron chi connectivity index (χ1n) is 4.95. The number of hydrogen-bond acceptors (Lipinski definition) is 4. The van der Waals surface area contributed by atoms with Gasteiger partial charge in [-0.25, -0.2) is 9.97 Å². The normalized spacial score (nSPS) is 10.4. The smallest absolute Gasteiger partial charge is 0.214 e. The van der Waals surface area contributed by atoms with Crippen molar-refractivity contribution in [3.63, 3.8) is 0 Å². The van der Waals surface area contributed by atoms with Gasteiger partial charge >= 0.3 is 0 Å². The van der Waals surface area contributed by atoms with Gasteiger partial charge in [-0.3, -0.25) is 4.68 Å². The Hall–Kier alpha value is -1.98. The fourth-order valence-electron chi connectivity index (χ4n) is 1.31. The number of aryl methyl sites for hydroxylation is 1. The Morgan fingerprint density at radius 3 is 3.00 bits per heavy atom. The van der Waals surface area contributed by atoms with Crippen molar-refractivity contribution in [2.45, 2.75) is 6.42 Å². The van der Waals surface area contributed by atoms with Gasteiger partial charge in [0.1, 0.15) is 12.1 Å². The van der Waals surface area contributed by atoms with E-state index in [-0.39, 0.29) is 0 Å². The minimum Gasteiger partial charge on any atom is -0.370 e. The topological polar surface area (TPSA) is 55.6 Å². The molecule has 0 aliphatic carbocycles. The lowest BCUT2D eigenvalue weighted by Crippen LogP contribution is -2.08. The molecule has 0 bridgehead atoms. The summed E-state index contributed by atoms with van der Waals surface area (Å²) in [7, 11) is 1.82. The van der Waals surface area contributed by atoms with Gasteiger partial charge in [0, 0.05) is 20.0 Å². The van der Waals surface area contributed by atoms with Crippen molar-refractivity contribution in [1.29, 1.82) is 0 Å². The molecule has 0 fully saturated rings. The van der Waals surface area contributed by atoms with Crippen molar-refractivity contribution in [2.75, 3.05) is 11.9 Å². The highest BCUT2D eigenvalue weighted by molar-refractivity contribution is 5.33. The monoisotopic (exact) mass is 221 g/mol. The maximum Gasteiger partial charge on any atom is 0.214 e. The first kappa shape index (κ1) is 10.5. The highest BCUT2D eigenvalue weighted by Crippen LogP contribution is 2.03. The molecule has 0 aromatic carbocycles. The van der Waals surface area contributed by atoms with Crippen molar-refractivity contribution >= 4 is 5.82 Å². The Bertz CT molecular complexity index is 468. The summed E-state index contributed by atoms with van der Waals surface area (Å²) in [5, 5.41) is 7.13. The lowest BCUT2D eigenvalue weighted by atomic mass is 10.4. The number of anilines is 1. The molecular formula is C10H12FN5. The first-order valence-corrected chi connectivity index (χ1v) is 4.95. The van der Waals surface area contributed by atoms with E-state index < -0.39 is 5.95 Å². The lowest BCUT2D eigenvalue weighted by Gasteiger charge is -2.02. The molecule has 2 aromatic rings. The van der Waals surface area contributed by atoms with Crippen LogP contribution in [0.1, 0.15) is 5.82 Å². The molecule has 0 aliphatic rings. The van der Waals surface area contributed by atoms with E-state index in [0.29, 0.717) is 18.8 Å². The number of nitrogens with zero attached hydrogens (tertiary/aromatic N) is 4. The van der Waals surface area contributed by atoms with Crippen LogP contribution in [0.4, 0.5) is 10.2 Å². The van der Waals surface area contributed by atoms with Crippen molar-refractivity contribution in [3.8, 4) is 0 Å². The quantitative estimate of drug-likeness (QED) is 0.783. The van der Waals surface area contributed by atoms with Crippen LogP contribution in [0.3, 0.4) is 0 Å². The molecule has 0 atom stereocenters. The Morgan fingerprint density at radius 2 is 2.31 bits per heavy atom. The zero-order chi connectivity index (χ0) is 11.4. The molecule has 0 radical (unpaired) electrons. The lowest BCUT2D eigenvalue weighted by molar-refractivity contribution is 0.585. The van der Waals surface area contributed by atoms with Crippen LogP contribution in [0.2, 0.25) is 0 Å². The molecule has 0 amide bonds. The summed E-state index contributed by atoms with van der Waals surface area (Å²) < 4.78 is 14.4. The number of nitrogens with one attached hydrogen (secondary N) is 1. The highest BCUT2D eigenvalue weighted by atomic mass is 19.1. The Balaban J connectivity index is 1.84. The summed E-state index contributed by atoms with van der Waals surface area (Å²) in [6.07, 6.45) is 2.33. The minimum absolute atomic E-state index is 0.485. The maximum absolute atomic E-state index is 12.7. The fraction of sp³-hybridized carbons (Fsp3) is 0.300. The van der Waals surface area contributed by atoms with Crippen LogP contribution in [0.15, 0.2) is 24.5 Å². The fourth-order valence-corrected chi connectivity index (χ4v) is 1.31. The van der Waals surface area contributed by atoms with E-state index in [1.165, 1.54) is 6.07 Å². The first-order chi connectivity index (χ1) is 7.74. The van der Waals surface area contributed by atoms with E-state index in [0.717, 1.165) is 5.82 Å². The summed E-state index contributed by atoms with van der Waals surface area (Å²) in [4.78, 5) is 7.77. The maximum atomic E-state index is 12.7. The van der Waals surface area contributed by atoms with Crippen LogP contribution in [0.25, 0.3) is 0 Å². The van der Waals surface area contributed by atoms with Gasteiger partial charge in [-0.1, -0.05) is 6.07 Å². The van der Waals surface area contributed by atoms with Gasteiger partial charge in [0.2, 0.25) is 5.95 Å². The van der Waals surface area contributed by atoms with Crippen molar-refractivity contribution < 1.29 is 4.39 Å². The Labute approximate surface area is 92.3 Å². The summed E-state index contributed by atoms with van der Waals surface area (Å²) >= 11 is 0. The van der Waals surface area contributed by atoms with E-state index in [1.54, 1.807) is 23.1 Å². The molecule has 1 N–H and O–H groups in total. The second kappa shape index (κ2) is 4.69. The number of halogens is 1. The van der Waals surface area contributed by atoms with Gasteiger partial charge in [-0.2, -0.15) is 9.49 Å². The predicted molar refractivity (Wildman–Crippen MR) is 57.4 cm³/mol. The predicted octanol–water partition coefficient (Wildman–Crippen LogP) is 1.00.